The van der Waals surface area contributed by atoms with Crippen molar-refractivity contribution in [3.8, 4) is 0 Å². The molecule has 0 saturated carbocycles. The van der Waals surface area contributed by atoms with Crippen LogP contribution in [0.15, 0.2) is 17.5 Å². The summed E-state index contributed by atoms with van der Waals surface area (Å²) in [5.74, 6) is 0.0922. The summed E-state index contributed by atoms with van der Waals surface area (Å²) in [6.07, 6.45) is 6.25. The zero-order chi connectivity index (χ0) is 14.7. The number of hydrogen-bond donors (Lipinski definition) is 1. The molecular formula is C16H25N3OS. The summed E-state index contributed by atoms with van der Waals surface area (Å²) < 4.78 is 0. The van der Waals surface area contributed by atoms with Crippen LogP contribution in [0.4, 0.5) is 0 Å². The van der Waals surface area contributed by atoms with Crippen LogP contribution in [0.5, 0.6) is 0 Å². The van der Waals surface area contributed by atoms with Crippen molar-refractivity contribution in [1.82, 2.24) is 9.80 Å². The van der Waals surface area contributed by atoms with Gasteiger partial charge in [-0.15, -0.1) is 11.3 Å². The highest BCUT2D eigenvalue weighted by atomic mass is 32.1. The Morgan fingerprint density at radius 3 is 2.52 bits per heavy atom. The van der Waals surface area contributed by atoms with E-state index in [1.165, 1.54) is 32.4 Å². The monoisotopic (exact) mass is 307 g/mol. The van der Waals surface area contributed by atoms with Crippen molar-refractivity contribution < 1.29 is 4.79 Å². The number of piperidine rings is 2. The Balaban J connectivity index is 1.52. The molecule has 2 fully saturated rings. The number of thiophene rings is 1. The van der Waals surface area contributed by atoms with E-state index < -0.39 is 6.04 Å². The summed E-state index contributed by atoms with van der Waals surface area (Å²) >= 11 is 1.57. The molecule has 2 N–H and O–H groups in total. The summed E-state index contributed by atoms with van der Waals surface area (Å²) in [6, 6.07) is 4.10. The molecule has 1 amide bonds. The third kappa shape index (κ3) is 3.47. The summed E-state index contributed by atoms with van der Waals surface area (Å²) in [4.78, 5) is 18.0. The van der Waals surface area contributed by atoms with E-state index in [-0.39, 0.29) is 5.91 Å². The summed E-state index contributed by atoms with van der Waals surface area (Å²) in [5, 5.41) is 1.98. The van der Waals surface area contributed by atoms with Gasteiger partial charge in [-0.3, -0.25) is 4.79 Å². The van der Waals surface area contributed by atoms with E-state index >= 15 is 0 Å². The van der Waals surface area contributed by atoms with E-state index in [9.17, 15) is 4.79 Å². The zero-order valence-corrected chi connectivity index (χ0v) is 13.4. The van der Waals surface area contributed by atoms with Gasteiger partial charge in [-0.05, 0) is 50.2 Å². The van der Waals surface area contributed by atoms with E-state index in [1.54, 1.807) is 11.3 Å². The first-order valence-electron chi connectivity index (χ1n) is 8.07. The molecule has 0 aromatic carbocycles. The Bertz CT molecular complexity index is 448. The molecule has 5 heteroatoms. The quantitative estimate of drug-likeness (QED) is 0.931. The third-order valence-corrected chi connectivity index (χ3v) is 5.75. The molecule has 3 rings (SSSR count). The Labute approximate surface area is 130 Å². The molecule has 116 valence electrons. The number of likely N-dealkylation sites (tertiary alicyclic amines) is 2. The van der Waals surface area contributed by atoms with Crippen molar-refractivity contribution in [2.75, 3.05) is 26.2 Å². The molecule has 1 aromatic rings. The molecule has 0 radical (unpaired) electrons. The van der Waals surface area contributed by atoms with Crippen LogP contribution >= 0.6 is 11.3 Å². The number of rotatable bonds is 3. The predicted octanol–water partition coefficient (Wildman–Crippen LogP) is 2.22. The molecule has 2 aliphatic rings. The number of amides is 1. The molecule has 2 saturated heterocycles. The van der Waals surface area contributed by atoms with Crippen LogP contribution in [0.2, 0.25) is 0 Å². The maximum absolute atomic E-state index is 12.5. The number of nitrogens with two attached hydrogens (primary N) is 1. The second kappa shape index (κ2) is 6.90. The molecular weight excluding hydrogens is 282 g/mol. The van der Waals surface area contributed by atoms with Crippen molar-refractivity contribution in [3.05, 3.63) is 22.4 Å². The van der Waals surface area contributed by atoms with E-state index in [0.29, 0.717) is 6.04 Å². The van der Waals surface area contributed by atoms with Gasteiger partial charge < -0.3 is 15.5 Å². The number of nitrogens with zero attached hydrogens (tertiary/aromatic N) is 2. The van der Waals surface area contributed by atoms with Gasteiger partial charge in [0.2, 0.25) is 5.91 Å². The van der Waals surface area contributed by atoms with Crippen LogP contribution in [-0.4, -0.2) is 47.9 Å². The number of carbonyl (C=O) groups excluding carboxylic acids is 1. The fourth-order valence-electron chi connectivity index (χ4n) is 3.52. The van der Waals surface area contributed by atoms with E-state index in [0.717, 1.165) is 30.8 Å². The van der Waals surface area contributed by atoms with Crippen LogP contribution in [0.1, 0.15) is 43.0 Å². The fraction of sp³-hybridized carbons (Fsp3) is 0.688. The maximum atomic E-state index is 12.5. The highest BCUT2D eigenvalue weighted by Gasteiger charge is 2.30. The molecule has 4 nitrogen and oxygen atoms in total. The second-order valence-electron chi connectivity index (χ2n) is 6.15. The van der Waals surface area contributed by atoms with Crippen LogP contribution in [0.3, 0.4) is 0 Å². The van der Waals surface area contributed by atoms with Crippen molar-refractivity contribution in [1.29, 1.82) is 0 Å². The largest absolute Gasteiger partial charge is 0.341 e. The Morgan fingerprint density at radius 1 is 1.19 bits per heavy atom. The topological polar surface area (TPSA) is 49.6 Å². The van der Waals surface area contributed by atoms with Gasteiger partial charge in [-0.1, -0.05) is 12.5 Å². The standard InChI is InChI=1S/C16H25N3OS/c17-15(14-5-4-12-21-14)16(20)19-10-6-13(7-11-19)18-8-2-1-3-9-18/h4-5,12-13,15H,1-3,6-11,17H2. The summed E-state index contributed by atoms with van der Waals surface area (Å²) in [5.41, 5.74) is 6.10. The Hall–Kier alpha value is -0.910. The van der Waals surface area contributed by atoms with Gasteiger partial charge in [0.25, 0.3) is 0 Å². The first-order chi connectivity index (χ1) is 10.3. The van der Waals surface area contributed by atoms with E-state index in [2.05, 4.69) is 4.90 Å². The van der Waals surface area contributed by atoms with Crippen LogP contribution < -0.4 is 5.73 Å². The predicted molar refractivity (Wildman–Crippen MR) is 86.3 cm³/mol. The first kappa shape index (κ1) is 15.0. The molecule has 0 bridgehead atoms. The average Bonchev–Trinajstić information content (AvgIpc) is 3.09. The molecule has 0 spiro atoms. The molecule has 0 aliphatic carbocycles. The number of carbonyl (C=O) groups is 1. The average molecular weight is 307 g/mol. The smallest absolute Gasteiger partial charge is 0.244 e. The van der Waals surface area contributed by atoms with Crippen LogP contribution in [-0.2, 0) is 4.79 Å². The van der Waals surface area contributed by atoms with Gasteiger partial charge in [-0.2, -0.15) is 0 Å². The minimum absolute atomic E-state index is 0.0922. The highest BCUT2D eigenvalue weighted by Crippen LogP contribution is 2.24. The molecule has 3 heterocycles. The van der Waals surface area contributed by atoms with Crippen molar-refractivity contribution in [2.45, 2.75) is 44.2 Å². The van der Waals surface area contributed by atoms with Gasteiger partial charge in [0.1, 0.15) is 6.04 Å². The van der Waals surface area contributed by atoms with Crippen LogP contribution in [0, 0.1) is 0 Å². The minimum atomic E-state index is -0.475. The molecule has 21 heavy (non-hydrogen) atoms. The maximum Gasteiger partial charge on any atom is 0.244 e. The normalized spacial score (nSPS) is 23.2. The Kier molecular flexibility index (Phi) is 4.93. The number of hydrogen-bond acceptors (Lipinski definition) is 4. The first-order valence-corrected chi connectivity index (χ1v) is 8.95. The van der Waals surface area contributed by atoms with Gasteiger partial charge in [0.15, 0.2) is 0 Å². The zero-order valence-electron chi connectivity index (χ0n) is 12.5. The van der Waals surface area contributed by atoms with Crippen molar-refractivity contribution in [3.63, 3.8) is 0 Å². The molecule has 1 aromatic heterocycles. The van der Waals surface area contributed by atoms with Crippen molar-refractivity contribution in [2.24, 2.45) is 5.73 Å². The van der Waals surface area contributed by atoms with Gasteiger partial charge in [0.05, 0.1) is 0 Å². The Morgan fingerprint density at radius 2 is 1.90 bits per heavy atom. The molecule has 2 aliphatic heterocycles. The third-order valence-electron chi connectivity index (χ3n) is 4.80. The molecule has 1 atom stereocenters. The van der Waals surface area contributed by atoms with Gasteiger partial charge in [-0.25, -0.2) is 0 Å². The van der Waals surface area contributed by atoms with Crippen LogP contribution in [0.25, 0.3) is 0 Å². The lowest BCUT2D eigenvalue weighted by Gasteiger charge is -2.40. The van der Waals surface area contributed by atoms with Gasteiger partial charge in [0, 0.05) is 24.0 Å². The lowest BCUT2D eigenvalue weighted by atomic mass is 9.99. The highest BCUT2D eigenvalue weighted by molar-refractivity contribution is 7.10. The molecule has 1 unspecified atom stereocenters. The lowest BCUT2D eigenvalue weighted by Crippen LogP contribution is -2.49. The second-order valence-corrected chi connectivity index (χ2v) is 7.13. The van der Waals surface area contributed by atoms with Crippen molar-refractivity contribution >= 4 is 17.2 Å². The van der Waals surface area contributed by atoms with E-state index in [1.807, 2.05) is 22.4 Å². The van der Waals surface area contributed by atoms with E-state index in [4.69, 9.17) is 5.73 Å². The fourth-order valence-corrected chi connectivity index (χ4v) is 4.24. The summed E-state index contributed by atoms with van der Waals surface area (Å²) in [7, 11) is 0. The SMILES string of the molecule is NC(C(=O)N1CCC(N2CCCCC2)CC1)c1cccs1. The minimum Gasteiger partial charge on any atom is -0.341 e. The summed E-state index contributed by atoms with van der Waals surface area (Å²) in [6.45, 7) is 4.21. The van der Waals surface area contributed by atoms with Gasteiger partial charge >= 0.3 is 0 Å². The lowest BCUT2D eigenvalue weighted by molar-refractivity contribution is -0.134.